The van der Waals surface area contributed by atoms with Gasteiger partial charge in [0.25, 0.3) is 5.56 Å². The largest absolute Gasteiger partial charge is 0.350 e. The molecule has 3 heterocycles. The Bertz CT molecular complexity index is 658. The van der Waals surface area contributed by atoms with Crippen molar-refractivity contribution in [3.63, 3.8) is 0 Å². The first-order valence-electron chi connectivity index (χ1n) is 6.75. The lowest BCUT2D eigenvalue weighted by Crippen LogP contribution is -2.44. The molecule has 1 fully saturated rings. The molecule has 2 N–H and O–H groups in total. The Morgan fingerprint density at radius 2 is 2.14 bits per heavy atom. The van der Waals surface area contributed by atoms with Crippen LogP contribution in [0.1, 0.15) is 12.8 Å². The number of hydrogen-bond donors (Lipinski definition) is 2. The van der Waals surface area contributed by atoms with E-state index in [4.69, 9.17) is 0 Å². The third-order valence-corrected chi connectivity index (χ3v) is 3.77. The standard InChI is InChI=1S/C13H15BrN6O/c14-9-6-17-13(18-7-9)19-10-2-1-5-20(8-10)11-12(21)16-4-3-15-11/h3-4,6-7,10H,1-2,5,8H2,(H,16,21)(H,17,18,19). The highest BCUT2D eigenvalue weighted by molar-refractivity contribution is 9.10. The van der Waals surface area contributed by atoms with E-state index >= 15 is 0 Å². The van der Waals surface area contributed by atoms with Gasteiger partial charge in [-0.2, -0.15) is 0 Å². The van der Waals surface area contributed by atoms with Crippen molar-refractivity contribution in [1.82, 2.24) is 19.9 Å². The summed E-state index contributed by atoms with van der Waals surface area (Å²) in [5.74, 6) is 1.07. The van der Waals surface area contributed by atoms with Crippen LogP contribution in [-0.4, -0.2) is 39.1 Å². The van der Waals surface area contributed by atoms with E-state index in [0.29, 0.717) is 18.3 Å². The zero-order chi connectivity index (χ0) is 14.7. The summed E-state index contributed by atoms with van der Waals surface area (Å²) in [5, 5.41) is 3.30. The first-order valence-corrected chi connectivity index (χ1v) is 7.54. The third kappa shape index (κ3) is 3.38. The highest BCUT2D eigenvalue weighted by atomic mass is 79.9. The molecular weight excluding hydrogens is 336 g/mol. The second-order valence-electron chi connectivity index (χ2n) is 4.90. The molecule has 110 valence electrons. The molecule has 0 saturated carbocycles. The number of aromatic amines is 1. The zero-order valence-corrected chi connectivity index (χ0v) is 12.9. The minimum atomic E-state index is -0.155. The number of hydrogen-bond acceptors (Lipinski definition) is 6. The fourth-order valence-electron chi connectivity index (χ4n) is 2.43. The summed E-state index contributed by atoms with van der Waals surface area (Å²) in [6.07, 6.45) is 8.57. The van der Waals surface area contributed by atoms with Crippen LogP contribution in [0, 0.1) is 0 Å². The summed E-state index contributed by atoms with van der Waals surface area (Å²) in [4.78, 5) is 29.1. The quantitative estimate of drug-likeness (QED) is 0.870. The van der Waals surface area contributed by atoms with Gasteiger partial charge >= 0.3 is 0 Å². The number of halogens is 1. The third-order valence-electron chi connectivity index (χ3n) is 3.36. The summed E-state index contributed by atoms with van der Waals surface area (Å²) < 4.78 is 0.846. The molecule has 1 atom stereocenters. The summed E-state index contributed by atoms with van der Waals surface area (Å²) in [5.41, 5.74) is -0.155. The second-order valence-corrected chi connectivity index (χ2v) is 5.81. The number of nitrogens with zero attached hydrogens (tertiary/aromatic N) is 4. The van der Waals surface area contributed by atoms with E-state index in [1.54, 1.807) is 24.8 Å². The lowest BCUT2D eigenvalue weighted by Gasteiger charge is -2.33. The predicted octanol–water partition coefficient (Wildman–Crippen LogP) is 1.40. The number of nitrogens with one attached hydrogen (secondary N) is 2. The van der Waals surface area contributed by atoms with Crippen molar-refractivity contribution in [2.75, 3.05) is 23.3 Å². The Labute approximate surface area is 130 Å². The molecule has 1 unspecified atom stereocenters. The fourth-order valence-corrected chi connectivity index (χ4v) is 2.63. The Morgan fingerprint density at radius 1 is 1.33 bits per heavy atom. The van der Waals surface area contributed by atoms with Crippen LogP contribution in [0.15, 0.2) is 34.1 Å². The molecule has 1 aliphatic heterocycles. The van der Waals surface area contributed by atoms with E-state index in [1.165, 1.54) is 0 Å². The van der Waals surface area contributed by atoms with Crippen LogP contribution in [0.3, 0.4) is 0 Å². The van der Waals surface area contributed by atoms with Crippen molar-refractivity contribution in [3.8, 4) is 0 Å². The lowest BCUT2D eigenvalue weighted by molar-refractivity contribution is 0.522. The maximum atomic E-state index is 11.8. The normalized spacial score (nSPS) is 18.5. The van der Waals surface area contributed by atoms with Crippen molar-refractivity contribution >= 4 is 27.7 Å². The molecule has 0 bridgehead atoms. The van der Waals surface area contributed by atoms with Gasteiger partial charge in [-0.05, 0) is 28.8 Å². The van der Waals surface area contributed by atoms with Gasteiger partial charge in [-0.25, -0.2) is 15.0 Å². The Hall–Kier alpha value is -1.96. The SMILES string of the molecule is O=c1[nH]ccnc1N1CCCC(Nc2ncc(Br)cn2)C1. The predicted molar refractivity (Wildman–Crippen MR) is 83.4 cm³/mol. The summed E-state index contributed by atoms with van der Waals surface area (Å²) in [6, 6.07) is 0.196. The Morgan fingerprint density at radius 3 is 2.90 bits per heavy atom. The summed E-state index contributed by atoms with van der Waals surface area (Å²) in [6.45, 7) is 1.54. The van der Waals surface area contributed by atoms with Gasteiger partial charge in [0.05, 0.1) is 4.47 Å². The van der Waals surface area contributed by atoms with E-state index in [9.17, 15) is 4.79 Å². The topological polar surface area (TPSA) is 86.8 Å². The highest BCUT2D eigenvalue weighted by Crippen LogP contribution is 2.17. The molecule has 21 heavy (non-hydrogen) atoms. The van der Waals surface area contributed by atoms with E-state index < -0.39 is 0 Å². The van der Waals surface area contributed by atoms with Gasteiger partial charge in [-0.3, -0.25) is 4.79 Å². The fraction of sp³-hybridized carbons (Fsp3) is 0.385. The van der Waals surface area contributed by atoms with Crippen molar-refractivity contribution in [2.24, 2.45) is 0 Å². The molecule has 0 amide bonds. The smallest absolute Gasteiger partial charge is 0.290 e. The number of anilines is 2. The summed E-state index contributed by atoms with van der Waals surface area (Å²) >= 11 is 3.31. The molecule has 3 rings (SSSR count). The van der Waals surface area contributed by atoms with Crippen molar-refractivity contribution in [3.05, 3.63) is 39.6 Å². The minimum Gasteiger partial charge on any atom is -0.350 e. The average molecular weight is 351 g/mol. The Kier molecular flexibility index (Phi) is 4.14. The number of aromatic nitrogens is 4. The van der Waals surface area contributed by atoms with Crippen LogP contribution in [0.5, 0.6) is 0 Å². The monoisotopic (exact) mass is 350 g/mol. The van der Waals surface area contributed by atoms with Crippen molar-refractivity contribution in [1.29, 1.82) is 0 Å². The zero-order valence-electron chi connectivity index (χ0n) is 11.3. The highest BCUT2D eigenvalue weighted by Gasteiger charge is 2.22. The molecule has 0 aromatic carbocycles. The molecule has 0 aliphatic carbocycles. The first kappa shape index (κ1) is 14.0. The van der Waals surface area contributed by atoms with Crippen molar-refractivity contribution < 1.29 is 0 Å². The first-order chi connectivity index (χ1) is 10.2. The maximum absolute atomic E-state index is 11.8. The maximum Gasteiger partial charge on any atom is 0.290 e. The van der Waals surface area contributed by atoms with Crippen LogP contribution in [-0.2, 0) is 0 Å². The van der Waals surface area contributed by atoms with Gasteiger partial charge in [-0.1, -0.05) is 0 Å². The van der Waals surface area contributed by atoms with E-state index in [-0.39, 0.29) is 11.6 Å². The summed E-state index contributed by atoms with van der Waals surface area (Å²) in [7, 11) is 0. The molecule has 0 spiro atoms. The van der Waals surface area contributed by atoms with Crippen LogP contribution in [0.2, 0.25) is 0 Å². The van der Waals surface area contributed by atoms with Gasteiger partial charge < -0.3 is 15.2 Å². The van der Waals surface area contributed by atoms with Gasteiger partial charge in [0.2, 0.25) is 5.95 Å². The van der Waals surface area contributed by atoms with Gasteiger partial charge in [0.1, 0.15) is 0 Å². The molecule has 7 nitrogen and oxygen atoms in total. The van der Waals surface area contributed by atoms with Crippen LogP contribution in [0.25, 0.3) is 0 Å². The van der Waals surface area contributed by atoms with E-state index in [0.717, 1.165) is 23.9 Å². The molecule has 0 radical (unpaired) electrons. The number of rotatable bonds is 3. The Balaban J connectivity index is 1.70. The molecule has 2 aromatic rings. The second kappa shape index (κ2) is 6.21. The van der Waals surface area contributed by atoms with Crippen molar-refractivity contribution in [2.45, 2.75) is 18.9 Å². The molecule has 1 saturated heterocycles. The number of piperidine rings is 1. The van der Waals surface area contributed by atoms with Crippen LogP contribution < -0.4 is 15.8 Å². The van der Waals surface area contributed by atoms with E-state index in [1.807, 2.05) is 4.90 Å². The van der Waals surface area contributed by atoms with E-state index in [2.05, 4.69) is 41.2 Å². The molecule has 1 aliphatic rings. The van der Waals surface area contributed by atoms with Crippen LogP contribution in [0.4, 0.5) is 11.8 Å². The van der Waals surface area contributed by atoms with Gasteiger partial charge in [0, 0.05) is 43.9 Å². The minimum absolute atomic E-state index is 0.155. The van der Waals surface area contributed by atoms with Crippen LogP contribution >= 0.6 is 15.9 Å². The number of H-pyrrole nitrogens is 1. The molecule has 2 aromatic heterocycles. The van der Waals surface area contributed by atoms with Gasteiger partial charge in [-0.15, -0.1) is 0 Å². The average Bonchev–Trinajstić information content (AvgIpc) is 2.50. The lowest BCUT2D eigenvalue weighted by atomic mass is 10.1. The molecular formula is C13H15BrN6O. The molecule has 8 heteroatoms. The van der Waals surface area contributed by atoms with Gasteiger partial charge in [0.15, 0.2) is 5.82 Å².